The van der Waals surface area contributed by atoms with Crippen LogP contribution in [0.25, 0.3) is 0 Å². The first-order chi connectivity index (χ1) is 44.3. The summed E-state index contributed by atoms with van der Waals surface area (Å²) in [6.45, 7) is 0.725. The van der Waals surface area contributed by atoms with Gasteiger partial charge in [-0.25, -0.2) is 0 Å². The van der Waals surface area contributed by atoms with Gasteiger partial charge in [0.1, 0.15) is 66.1 Å². The molecule has 0 aliphatic rings. The van der Waals surface area contributed by atoms with Crippen molar-refractivity contribution in [2.75, 3.05) is 203 Å². The molecule has 10 unspecified atom stereocenters. The second-order valence-electron chi connectivity index (χ2n) is 21.3. The maximum Gasteiger partial charge on any atom is 0.309 e. The lowest BCUT2D eigenvalue weighted by atomic mass is 9.76. The number of hydrogen-bond donors (Lipinski definition) is 0. The largest absolute Gasteiger partial charge is 0.463 e. The summed E-state index contributed by atoms with van der Waals surface area (Å²) in [5, 5.41) is 0. The molecule has 10 atom stereocenters. The van der Waals surface area contributed by atoms with Crippen molar-refractivity contribution in [1.82, 2.24) is 0 Å². The fourth-order valence-electron chi connectivity index (χ4n) is 9.47. The minimum absolute atomic E-state index is 0.00714. The average Bonchev–Trinajstić information content (AvgIpc) is 1.78. The Morgan fingerprint density at radius 3 is 0.478 bits per heavy atom. The highest BCUT2D eigenvalue weighted by Crippen LogP contribution is 2.37. The Morgan fingerprint density at radius 2 is 0.326 bits per heavy atom. The molecule has 0 spiro atoms. The highest BCUT2D eigenvalue weighted by atomic mass is 16.6. The number of rotatable bonds is 59. The van der Waals surface area contributed by atoms with Gasteiger partial charge in [-0.15, -0.1) is 0 Å². The average molecular weight is 1330 g/mol. The van der Waals surface area contributed by atoms with Gasteiger partial charge >= 0.3 is 59.7 Å². The van der Waals surface area contributed by atoms with Gasteiger partial charge < -0.3 is 94.7 Å². The highest BCUT2D eigenvalue weighted by Gasteiger charge is 2.42. The fourth-order valence-corrected chi connectivity index (χ4v) is 9.47. The van der Waals surface area contributed by atoms with Crippen LogP contribution in [0.5, 0.6) is 0 Å². The molecular formula is C62H106O30. The standard InChI is InChI=1S/C62H106O30/c1-13-44(54(64)84-25-15-74-4)35-46(56(66)86-27-17-76-6)37-48(58(68)88-29-19-78-8)39-50(60(70)90-31-21-80-10)41-52(62(72)92-33-23-82-12)42-51(61(71)91-32-22-81-11)40-49(59(69)89-30-20-79-9)38-47(57(67)87-28-18-77-7)36-45(55(65)85-26-16-75-5)34-43(2)53(63)83-24-14-73-3/h43-52H,13-42H2,1-12H3. The van der Waals surface area contributed by atoms with Crippen LogP contribution in [0.1, 0.15) is 78.1 Å². The molecule has 0 amide bonds. The first-order valence-corrected chi connectivity index (χ1v) is 30.9. The van der Waals surface area contributed by atoms with Crippen LogP contribution in [-0.4, -0.2) is 263 Å². The van der Waals surface area contributed by atoms with E-state index in [-0.39, 0.29) is 164 Å². The van der Waals surface area contributed by atoms with Crippen molar-refractivity contribution < 1.29 is 143 Å². The Hall–Kier alpha value is -5.70. The minimum Gasteiger partial charge on any atom is -0.463 e. The molecule has 534 valence electrons. The van der Waals surface area contributed by atoms with Crippen LogP contribution in [0.15, 0.2) is 0 Å². The van der Waals surface area contributed by atoms with Crippen molar-refractivity contribution in [3.63, 3.8) is 0 Å². The Labute approximate surface area is 541 Å². The van der Waals surface area contributed by atoms with Crippen molar-refractivity contribution in [2.45, 2.75) is 78.1 Å². The molecule has 0 N–H and O–H groups in total. The summed E-state index contributed by atoms with van der Waals surface area (Å²) in [7, 11) is 13.9. The summed E-state index contributed by atoms with van der Waals surface area (Å²) >= 11 is 0. The quantitative estimate of drug-likeness (QED) is 0.0480. The van der Waals surface area contributed by atoms with Gasteiger partial charge in [0, 0.05) is 71.1 Å². The van der Waals surface area contributed by atoms with E-state index in [0.717, 1.165) is 0 Å². The summed E-state index contributed by atoms with van der Waals surface area (Å²) < 4.78 is 107. The molecule has 0 aromatic heterocycles. The predicted octanol–water partition coefficient (Wildman–Crippen LogP) is 2.99. The third-order valence-corrected chi connectivity index (χ3v) is 14.4. The first kappa shape index (κ1) is 86.3. The zero-order valence-corrected chi connectivity index (χ0v) is 56.2. The number of carbonyl (C=O) groups excluding carboxylic acids is 10. The monoisotopic (exact) mass is 1330 g/mol. The third kappa shape index (κ3) is 39.1. The van der Waals surface area contributed by atoms with Gasteiger partial charge in [0.15, 0.2) is 0 Å². The number of esters is 10. The first-order valence-electron chi connectivity index (χ1n) is 30.9. The van der Waals surface area contributed by atoms with Crippen LogP contribution in [0, 0.1) is 59.2 Å². The van der Waals surface area contributed by atoms with Gasteiger partial charge in [-0.2, -0.15) is 0 Å². The summed E-state index contributed by atoms with van der Waals surface area (Å²) in [6, 6.07) is 0. The van der Waals surface area contributed by atoms with Gasteiger partial charge in [0.25, 0.3) is 0 Å². The van der Waals surface area contributed by atoms with Crippen LogP contribution in [0.3, 0.4) is 0 Å². The van der Waals surface area contributed by atoms with Crippen molar-refractivity contribution in [3.05, 3.63) is 0 Å². The minimum atomic E-state index is -1.49. The maximum absolute atomic E-state index is 14.7. The second-order valence-corrected chi connectivity index (χ2v) is 21.3. The molecule has 0 bridgehead atoms. The third-order valence-electron chi connectivity index (χ3n) is 14.4. The topological polar surface area (TPSA) is 355 Å². The molecule has 0 rings (SSSR count). The van der Waals surface area contributed by atoms with Crippen molar-refractivity contribution in [1.29, 1.82) is 0 Å². The normalized spacial score (nSPS) is 14.5. The number of methoxy groups -OCH3 is 10. The van der Waals surface area contributed by atoms with Gasteiger partial charge in [0.05, 0.1) is 125 Å². The molecule has 0 aliphatic carbocycles. The lowest BCUT2D eigenvalue weighted by molar-refractivity contribution is -0.160. The van der Waals surface area contributed by atoms with E-state index in [4.69, 9.17) is 94.7 Å². The van der Waals surface area contributed by atoms with Gasteiger partial charge in [-0.05, 0) is 64.2 Å². The summed E-state index contributed by atoms with van der Waals surface area (Å²) in [5.41, 5.74) is 0. The van der Waals surface area contributed by atoms with E-state index in [0.29, 0.717) is 0 Å². The molecule has 30 nitrogen and oxygen atoms in total. The number of carbonyl (C=O) groups is 10. The van der Waals surface area contributed by atoms with E-state index in [1.165, 1.54) is 78.0 Å². The highest BCUT2D eigenvalue weighted by molar-refractivity contribution is 5.82. The summed E-state index contributed by atoms with van der Waals surface area (Å²) in [5.74, 6) is -21.4. The van der Waals surface area contributed by atoms with Crippen molar-refractivity contribution >= 4 is 59.7 Å². The van der Waals surface area contributed by atoms with E-state index in [2.05, 4.69) is 0 Å². The molecule has 0 aromatic rings. The number of hydrogen-bond acceptors (Lipinski definition) is 30. The van der Waals surface area contributed by atoms with Crippen LogP contribution >= 0.6 is 0 Å². The molecule has 0 aromatic carbocycles. The Balaban J connectivity index is 8.46. The fraction of sp³-hybridized carbons (Fsp3) is 0.839. The summed E-state index contributed by atoms with van der Waals surface area (Å²) in [6.07, 6.45) is -3.46. The Kier molecular flexibility index (Phi) is 52.3. The van der Waals surface area contributed by atoms with Crippen molar-refractivity contribution in [3.8, 4) is 0 Å². The molecule has 92 heavy (non-hydrogen) atoms. The molecule has 0 heterocycles. The SMILES string of the molecule is CCC(CC(CC(CC(CC(CC(CC(CC(CC(CC(C)C(=O)OCCOC)C(=O)OCCOC)C(=O)OCCOC)C(=O)OCCOC)C(=O)OCCOC)C(=O)OCCOC)C(=O)OCCOC)C(=O)OCCOC)C(=O)OCCOC)C(=O)OCCOC. The van der Waals surface area contributed by atoms with Gasteiger partial charge in [-0.3, -0.25) is 47.9 Å². The summed E-state index contributed by atoms with van der Waals surface area (Å²) in [4.78, 5) is 142. The van der Waals surface area contributed by atoms with E-state index < -0.39 is 151 Å². The lowest BCUT2D eigenvalue weighted by Gasteiger charge is -2.30. The van der Waals surface area contributed by atoms with Gasteiger partial charge in [-0.1, -0.05) is 13.8 Å². The second kappa shape index (κ2) is 55.7. The molecule has 0 saturated carbocycles. The van der Waals surface area contributed by atoms with E-state index in [1.54, 1.807) is 6.92 Å². The van der Waals surface area contributed by atoms with E-state index >= 15 is 0 Å². The van der Waals surface area contributed by atoms with Crippen LogP contribution < -0.4 is 0 Å². The molecule has 30 heteroatoms. The predicted molar refractivity (Wildman–Crippen MR) is 321 cm³/mol. The van der Waals surface area contributed by atoms with E-state index in [1.807, 2.05) is 0 Å². The molecule has 0 saturated heterocycles. The zero-order chi connectivity index (χ0) is 68.9. The Morgan fingerprint density at radius 1 is 0.196 bits per heavy atom. The molecule has 0 aliphatic heterocycles. The zero-order valence-electron chi connectivity index (χ0n) is 56.2. The van der Waals surface area contributed by atoms with Crippen LogP contribution in [-0.2, 0) is 143 Å². The maximum atomic E-state index is 14.7. The lowest BCUT2D eigenvalue weighted by Crippen LogP contribution is -2.36. The number of ether oxygens (including phenoxy) is 20. The van der Waals surface area contributed by atoms with Gasteiger partial charge in [0.2, 0.25) is 0 Å². The van der Waals surface area contributed by atoms with E-state index in [9.17, 15) is 47.9 Å². The Bertz CT molecular complexity index is 2040. The van der Waals surface area contributed by atoms with Crippen molar-refractivity contribution in [2.24, 2.45) is 59.2 Å². The molecule has 0 radical (unpaired) electrons. The molecule has 0 fully saturated rings. The smallest absolute Gasteiger partial charge is 0.309 e. The molecular weight excluding hydrogens is 1220 g/mol. The van der Waals surface area contributed by atoms with Crippen LogP contribution in [0.2, 0.25) is 0 Å². The van der Waals surface area contributed by atoms with Crippen LogP contribution in [0.4, 0.5) is 0 Å².